The van der Waals surface area contributed by atoms with Crippen molar-refractivity contribution in [3.8, 4) is 0 Å². The number of fused-ring (bicyclic) bond motifs is 1. The number of rotatable bonds is 4. The van der Waals surface area contributed by atoms with Crippen molar-refractivity contribution >= 4 is 22.4 Å². The van der Waals surface area contributed by atoms with E-state index in [0.29, 0.717) is 5.15 Å². The average Bonchev–Trinajstić information content (AvgIpc) is 2.30. The lowest BCUT2D eigenvalue weighted by Gasteiger charge is -2.04. The zero-order valence-corrected chi connectivity index (χ0v) is 10.1. The van der Waals surface area contributed by atoms with E-state index < -0.39 is 0 Å². The van der Waals surface area contributed by atoms with E-state index in [0.717, 1.165) is 30.2 Å². The van der Waals surface area contributed by atoms with Gasteiger partial charge in [0.05, 0.1) is 0 Å². The molecule has 0 aliphatic heterocycles. The molecule has 0 saturated carbocycles. The molecule has 0 aliphatic rings. The molecule has 0 unspecified atom stereocenters. The molecule has 3 heteroatoms. The molecule has 1 aromatic heterocycles. The molecule has 1 heterocycles. The van der Waals surface area contributed by atoms with Crippen LogP contribution in [0.15, 0.2) is 30.5 Å². The predicted octanol–water partition coefficient (Wildman–Crippen LogP) is 3.04. The fraction of sp³-hybridized carbons (Fsp3) is 0.308. The van der Waals surface area contributed by atoms with Crippen LogP contribution in [0.25, 0.3) is 10.8 Å². The van der Waals surface area contributed by atoms with Gasteiger partial charge in [0.15, 0.2) is 0 Å². The highest BCUT2D eigenvalue weighted by Gasteiger charge is 2.01. The molecule has 0 radical (unpaired) electrons. The van der Waals surface area contributed by atoms with Gasteiger partial charge in [-0.3, -0.25) is 0 Å². The van der Waals surface area contributed by atoms with E-state index in [-0.39, 0.29) is 0 Å². The number of pyridine rings is 1. The Morgan fingerprint density at radius 2 is 2.19 bits per heavy atom. The van der Waals surface area contributed by atoms with Gasteiger partial charge in [0.25, 0.3) is 0 Å². The topological polar surface area (TPSA) is 24.9 Å². The normalized spacial score (nSPS) is 10.9. The van der Waals surface area contributed by atoms with Gasteiger partial charge in [0.1, 0.15) is 5.15 Å². The Hall–Kier alpha value is -1.12. The van der Waals surface area contributed by atoms with Crippen molar-refractivity contribution in [1.29, 1.82) is 0 Å². The Balaban J connectivity index is 2.25. The Bertz CT molecular complexity index is 482. The van der Waals surface area contributed by atoms with Gasteiger partial charge < -0.3 is 5.32 Å². The van der Waals surface area contributed by atoms with Gasteiger partial charge in [-0.1, -0.05) is 23.7 Å². The average molecular weight is 235 g/mol. The fourth-order valence-electron chi connectivity index (χ4n) is 1.80. The molecule has 0 fully saturated rings. The summed E-state index contributed by atoms with van der Waals surface area (Å²) >= 11 is 6.07. The second-order valence-electron chi connectivity index (χ2n) is 3.86. The van der Waals surface area contributed by atoms with Crippen molar-refractivity contribution in [2.45, 2.75) is 12.8 Å². The molecular weight excluding hydrogens is 220 g/mol. The quantitative estimate of drug-likeness (QED) is 0.650. The van der Waals surface area contributed by atoms with E-state index in [9.17, 15) is 0 Å². The van der Waals surface area contributed by atoms with Crippen LogP contribution in [0.5, 0.6) is 0 Å². The zero-order chi connectivity index (χ0) is 11.4. The summed E-state index contributed by atoms with van der Waals surface area (Å²) in [7, 11) is 1.97. The molecule has 0 atom stereocenters. The molecule has 2 nitrogen and oxygen atoms in total. The predicted molar refractivity (Wildman–Crippen MR) is 69.0 cm³/mol. The van der Waals surface area contributed by atoms with Crippen LogP contribution in [-0.2, 0) is 6.42 Å². The van der Waals surface area contributed by atoms with Gasteiger partial charge in [-0.2, -0.15) is 0 Å². The highest BCUT2D eigenvalue weighted by atomic mass is 35.5. The molecular formula is C13H15ClN2. The molecule has 84 valence electrons. The number of hydrogen-bond donors (Lipinski definition) is 1. The van der Waals surface area contributed by atoms with Crippen LogP contribution in [0.2, 0.25) is 5.15 Å². The molecule has 0 spiro atoms. The Kier molecular flexibility index (Phi) is 3.75. The monoisotopic (exact) mass is 234 g/mol. The Morgan fingerprint density at radius 3 is 3.00 bits per heavy atom. The van der Waals surface area contributed by atoms with E-state index in [1.54, 1.807) is 6.20 Å². The van der Waals surface area contributed by atoms with E-state index in [1.807, 2.05) is 13.1 Å². The van der Waals surface area contributed by atoms with Gasteiger partial charge >= 0.3 is 0 Å². The van der Waals surface area contributed by atoms with Crippen LogP contribution in [-0.4, -0.2) is 18.6 Å². The third kappa shape index (κ3) is 2.52. The molecule has 0 aliphatic carbocycles. The van der Waals surface area contributed by atoms with Crippen molar-refractivity contribution in [2.75, 3.05) is 13.6 Å². The second kappa shape index (κ2) is 5.28. The lowest BCUT2D eigenvalue weighted by molar-refractivity contribution is 0.725. The maximum Gasteiger partial charge on any atom is 0.136 e. The van der Waals surface area contributed by atoms with Crippen molar-refractivity contribution in [3.05, 3.63) is 41.2 Å². The lowest BCUT2D eigenvalue weighted by Crippen LogP contribution is -2.08. The standard InChI is InChI=1S/C13H15ClN2/c1-15-7-2-3-10-4-5-11-6-8-16-13(14)12(11)9-10/h4-6,8-9,15H,2-3,7H2,1H3. The molecule has 1 aromatic carbocycles. The first kappa shape index (κ1) is 11.4. The number of hydrogen-bond acceptors (Lipinski definition) is 2. The molecule has 1 N–H and O–H groups in total. The number of halogens is 1. The highest BCUT2D eigenvalue weighted by molar-refractivity contribution is 6.34. The van der Waals surface area contributed by atoms with Gasteiger partial charge in [0, 0.05) is 11.6 Å². The largest absolute Gasteiger partial charge is 0.320 e. The summed E-state index contributed by atoms with van der Waals surface area (Å²) in [5.74, 6) is 0. The zero-order valence-electron chi connectivity index (χ0n) is 9.33. The summed E-state index contributed by atoms with van der Waals surface area (Å²) in [5.41, 5.74) is 1.32. The molecule has 2 aromatic rings. The van der Waals surface area contributed by atoms with Crippen molar-refractivity contribution in [3.63, 3.8) is 0 Å². The summed E-state index contributed by atoms with van der Waals surface area (Å²) < 4.78 is 0. The van der Waals surface area contributed by atoms with E-state index >= 15 is 0 Å². The number of nitrogens with one attached hydrogen (secondary N) is 1. The Labute approximate surface area is 101 Å². The van der Waals surface area contributed by atoms with Gasteiger partial charge in [-0.25, -0.2) is 4.98 Å². The summed E-state index contributed by atoms with van der Waals surface area (Å²) in [6.07, 6.45) is 3.95. The summed E-state index contributed by atoms with van der Waals surface area (Å²) in [5, 5.41) is 5.94. The molecule has 0 amide bonds. The molecule has 16 heavy (non-hydrogen) atoms. The summed E-state index contributed by atoms with van der Waals surface area (Å²) in [4.78, 5) is 4.10. The van der Waals surface area contributed by atoms with Gasteiger partial charge in [-0.15, -0.1) is 0 Å². The van der Waals surface area contributed by atoms with Crippen LogP contribution in [0.1, 0.15) is 12.0 Å². The minimum atomic E-state index is 0.591. The third-order valence-electron chi connectivity index (χ3n) is 2.67. The van der Waals surface area contributed by atoms with Crippen LogP contribution in [0.3, 0.4) is 0 Å². The van der Waals surface area contributed by atoms with E-state index in [2.05, 4.69) is 28.5 Å². The maximum atomic E-state index is 6.07. The molecule has 0 saturated heterocycles. The van der Waals surface area contributed by atoms with Crippen LogP contribution < -0.4 is 5.32 Å². The number of aromatic nitrogens is 1. The van der Waals surface area contributed by atoms with Crippen LogP contribution >= 0.6 is 11.6 Å². The lowest BCUT2D eigenvalue weighted by atomic mass is 10.1. The second-order valence-corrected chi connectivity index (χ2v) is 4.22. The van der Waals surface area contributed by atoms with Crippen LogP contribution in [0.4, 0.5) is 0 Å². The van der Waals surface area contributed by atoms with Gasteiger partial charge in [0.2, 0.25) is 0 Å². The Morgan fingerprint density at radius 1 is 1.31 bits per heavy atom. The van der Waals surface area contributed by atoms with Crippen molar-refractivity contribution in [1.82, 2.24) is 10.3 Å². The molecule has 0 bridgehead atoms. The number of benzene rings is 1. The fourth-order valence-corrected chi connectivity index (χ4v) is 2.02. The number of nitrogens with zero attached hydrogens (tertiary/aromatic N) is 1. The van der Waals surface area contributed by atoms with E-state index in [1.165, 1.54) is 5.56 Å². The first-order chi connectivity index (χ1) is 7.81. The maximum absolute atomic E-state index is 6.07. The first-order valence-corrected chi connectivity index (χ1v) is 5.87. The SMILES string of the molecule is CNCCCc1ccc2ccnc(Cl)c2c1. The smallest absolute Gasteiger partial charge is 0.136 e. The summed E-state index contributed by atoms with van der Waals surface area (Å²) in [6, 6.07) is 8.39. The van der Waals surface area contributed by atoms with E-state index in [4.69, 9.17) is 11.6 Å². The minimum Gasteiger partial charge on any atom is -0.320 e. The van der Waals surface area contributed by atoms with Crippen LogP contribution in [0, 0.1) is 0 Å². The van der Waals surface area contributed by atoms with Gasteiger partial charge in [-0.05, 0) is 49.5 Å². The summed E-state index contributed by atoms with van der Waals surface area (Å²) in [6.45, 7) is 1.04. The molecule has 2 rings (SSSR count). The highest BCUT2D eigenvalue weighted by Crippen LogP contribution is 2.22. The number of aryl methyl sites for hydroxylation is 1. The van der Waals surface area contributed by atoms with Crippen molar-refractivity contribution in [2.24, 2.45) is 0 Å². The first-order valence-electron chi connectivity index (χ1n) is 5.49. The minimum absolute atomic E-state index is 0.591. The third-order valence-corrected chi connectivity index (χ3v) is 2.98. The van der Waals surface area contributed by atoms with Crippen molar-refractivity contribution < 1.29 is 0 Å².